The fourth-order valence-electron chi connectivity index (χ4n) is 2.22. The monoisotopic (exact) mass is 275 g/mol. The molecule has 0 bridgehead atoms. The summed E-state index contributed by atoms with van der Waals surface area (Å²) in [5.74, 6) is 0.0227. The summed E-state index contributed by atoms with van der Waals surface area (Å²) < 4.78 is 0. The van der Waals surface area contributed by atoms with E-state index in [0.717, 1.165) is 30.6 Å². The van der Waals surface area contributed by atoms with Crippen molar-refractivity contribution in [1.29, 1.82) is 0 Å². The Morgan fingerprint density at radius 2 is 2.05 bits per heavy atom. The number of hydrogen-bond acceptors (Lipinski definition) is 3. The summed E-state index contributed by atoms with van der Waals surface area (Å²) in [5, 5.41) is 2.76. The average molecular weight is 275 g/mol. The molecule has 1 aliphatic rings. The van der Waals surface area contributed by atoms with E-state index in [4.69, 9.17) is 5.73 Å². The van der Waals surface area contributed by atoms with Gasteiger partial charge in [-0.2, -0.15) is 0 Å². The Kier molecular flexibility index (Phi) is 4.74. The predicted molar refractivity (Wildman–Crippen MR) is 78.1 cm³/mol. The standard InChI is InChI=1S/C15H21N3O2/c1-11(16)15(20)17-10-12-5-7-13(8-6-12)18-9-3-2-4-14(18)19/h5-8,11H,2-4,9-10,16H2,1H3,(H,17,20)/t11-/m1/s1. The summed E-state index contributed by atoms with van der Waals surface area (Å²) in [6, 6.07) is 7.21. The Hall–Kier alpha value is -1.88. The smallest absolute Gasteiger partial charge is 0.236 e. The van der Waals surface area contributed by atoms with Gasteiger partial charge >= 0.3 is 0 Å². The summed E-state index contributed by atoms with van der Waals surface area (Å²) in [5.41, 5.74) is 7.40. The van der Waals surface area contributed by atoms with Crippen LogP contribution in [0.25, 0.3) is 0 Å². The first-order valence-electron chi connectivity index (χ1n) is 7.00. The maximum Gasteiger partial charge on any atom is 0.236 e. The van der Waals surface area contributed by atoms with Crippen LogP contribution >= 0.6 is 0 Å². The van der Waals surface area contributed by atoms with Gasteiger partial charge in [0.25, 0.3) is 0 Å². The Balaban J connectivity index is 1.95. The van der Waals surface area contributed by atoms with Gasteiger partial charge in [-0.1, -0.05) is 12.1 Å². The molecule has 1 saturated heterocycles. The van der Waals surface area contributed by atoms with Crippen LogP contribution in [0.2, 0.25) is 0 Å². The lowest BCUT2D eigenvalue weighted by atomic mass is 10.1. The Morgan fingerprint density at radius 1 is 1.35 bits per heavy atom. The highest BCUT2D eigenvalue weighted by molar-refractivity contribution is 5.93. The second-order valence-corrected chi connectivity index (χ2v) is 5.18. The highest BCUT2D eigenvalue weighted by Crippen LogP contribution is 2.21. The van der Waals surface area contributed by atoms with Crippen molar-refractivity contribution < 1.29 is 9.59 Å². The highest BCUT2D eigenvalue weighted by atomic mass is 16.2. The van der Waals surface area contributed by atoms with Crippen molar-refractivity contribution in [3.63, 3.8) is 0 Å². The quantitative estimate of drug-likeness (QED) is 0.866. The fourth-order valence-corrected chi connectivity index (χ4v) is 2.22. The van der Waals surface area contributed by atoms with Gasteiger partial charge in [-0.05, 0) is 37.5 Å². The van der Waals surface area contributed by atoms with Gasteiger partial charge in [-0.25, -0.2) is 0 Å². The molecule has 5 heteroatoms. The fraction of sp³-hybridized carbons (Fsp3) is 0.467. The molecule has 3 N–H and O–H groups in total. The van der Waals surface area contributed by atoms with Crippen LogP contribution in [0.4, 0.5) is 5.69 Å². The molecule has 1 aromatic rings. The van der Waals surface area contributed by atoms with E-state index in [1.165, 1.54) is 0 Å². The number of nitrogens with zero attached hydrogens (tertiary/aromatic N) is 1. The minimum atomic E-state index is -0.500. The molecule has 2 amide bonds. The molecule has 0 aromatic heterocycles. The van der Waals surface area contributed by atoms with Crippen molar-refractivity contribution in [2.24, 2.45) is 5.73 Å². The topological polar surface area (TPSA) is 75.4 Å². The van der Waals surface area contributed by atoms with Crippen LogP contribution in [-0.4, -0.2) is 24.4 Å². The van der Waals surface area contributed by atoms with Crippen molar-refractivity contribution in [3.8, 4) is 0 Å². The number of carbonyl (C=O) groups is 2. The summed E-state index contributed by atoms with van der Waals surface area (Å²) in [7, 11) is 0. The second-order valence-electron chi connectivity index (χ2n) is 5.18. The summed E-state index contributed by atoms with van der Waals surface area (Å²) in [6.45, 7) is 2.90. The number of amides is 2. The minimum absolute atomic E-state index is 0.166. The van der Waals surface area contributed by atoms with Gasteiger partial charge in [0.15, 0.2) is 0 Å². The van der Waals surface area contributed by atoms with Crippen LogP contribution in [0, 0.1) is 0 Å². The zero-order valence-electron chi connectivity index (χ0n) is 11.8. The molecular formula is C15H21N3O2. The molecule has 1 aromatic carbocycles. The first-order valence-corrected chi connectivity index (χ1v) is 7.00. The van der Waals surface area contributed by atoms with Gasteiger partial charge in [-0.15, -0.1) is 0 Å². The van der Waals surface area contributed by atoms with Gasteiger partial charge in [0.2, 0.25) is 11.8 Å². The molecule has 0 spiro atoms. The van der Waals surface area contributed by atoms with Crippen LogP contribution in [0.15, 0.2) is 24.3 Å². The average Bonchev–Trinajstić information content (AvgIpc) is 2.46. The van der Waals surface area contributed by atoms with Gasteiger partial charge in [-0.3, -0.25) is 9.59 Å². The van der Waals surface area contributed by atoms with E-state index in [1.807, 2.05) is 29.2 Å². The van der Waals surface area contributed by atoms with Gasteiger partial charge in [0, 0.05) is 25.2 Å². The van der Waals surface area contributed by atoms with Crippen LogP contribution < -0.4 is 16.0 Å². The zero-order chi connectivity index (χ0) is 14.5. The van der Waals surface area contributed by atoms with Crippen LogP contribution in [0.5, 0.6) is 0 Å². The molecule has 1 aliphatic heterocycles. The molecular weight excluding hydrogens is 254 g/mol. The molecule has 0 saturated carbocycles. The largest absolute Gasteiger partial charge is 0.351 e. The van der Waals surface area contributed by atoms with Crippen molar-refractivity contribution in [1.82, 2.24) is 5.32 Å². The van der Waals surface area contributed by atoms with Crippen molar-refractivity contribution in [3.05, 3.63) is 29.8 Å². The summed E-state index contributed by atoms with van der Waals surface area (Å²) in [6.07, 6.45) is 2.67. The molecule has 0 radical (unpaired) electrons. The van der Waals surface area contributed by atoms with Crippen LogP contribution in [0.1, 0.15) is 31.7 Å². The maximum absolute atomic E-state index is 11.8. The third kappa shape index (κ3) is 3.57. The zero-order valence-corrected chi connectivity index (χ0v) is 11.8. The van der Waals surface area contributed by atoms with Crippen LogP contribution in [0.3, 0.4) is 0 Å². The normalized spacial score (nSPS) is 16.9. The number of nitrogens with two attached hydrogens (primary N) is 1. The lowest BCUT2D eigenvalue weighted by molar-refractivity contribution is -0.122. The van der Waals surface area contributed by atoms with Gasteiger partial charge in [0.1, 0.15) is 0 Å². The number of anilines is 1. The van der Waals surface area contributed by atoms with E-state index in [0.29, 0.717) is 13.0 Å². The SMILES string of the molecule is C[C@@H](N)C(=O)NCc1ccc(N2CCCCC2=O)cc1. The van der Waals surface area contributed by atoms with E-state index in [9.17, 15) is 9.59 Å². The molecule has 0 aliphatic carbocycles. The number of benzene rings is 1. The van der Waals surface area contributed by atoms with Crippen molar-refractivity contribution in [2.45, 2.75) is 38.8 Å². The molecule has 1 heterocycles. The van der Waals surface area contributed by atoms with Crippen molar-refractivity contribution >= 4 is 17.5 Å². The summed E-state index contributed by atoms with van der Waals surface area (Å²) >= 11 is 0. The Labute approximate surface area is 119 Å². The minimum Gasteiger partial charge on any atom is -0.351 e. The second kappa shape index (κ2) is 6.52. The molecule has 20 heavy (non-hydrogen) atoms. The van der Waals surface area contributed by atoms with E-state index in [2.05, 4.69) is 5.32 Å². The third-order valence-corrected chi connectivity index (χ3v) is 3.45. The molecule has 1 atom stereocenters. The number of rotatable bonds is 4. The van der Waals surface area contributed by atoms with Gasteiger partial charge < -0.3 is 16.0 Å². The number of carbonyl (C=O) groups excluding carboxylic acids is 2. The van der Waals surface area contributed by atoms with Crippen LogP contribution in [-0.2, 0) is 16.1 Å². The van der Waals surface area contributed by atoms with E-state index < -0.39 is 6.04 Å². The molecule has 1 fully saturated rings. The number of piperidine rings is 1. The lowest BCUT2D eigenvalue weighted by Crippen LogP contribution is -2.37. The summed E-state index contributed by atoms with van der Waals surface area (Å²) in [4.78, 5) is 25.0. The third-order valence-electron chi connectivity index (χ3n) is 3.45. The molecule has 108 valence electrons. The number of nitrogens with one attached hydrogen (secondary N) is 1. The first-order chi connectivity index (χ1) is 9.58. The van der Waals surface area contributed by atoms with E-state index in [1.54, 1.807) is 6.92 Å². The molecule has 0 unspecified atom stereocenters. The van der Waals surface area contributed by atoms with Crippen molar-refractivity contribution in [2.75, 3.05) is 11.4 Å². The highest BCUT2D eigenvalue weighted by Gasteiger charge is 2.19. The maximum atomic E-state index is 11.8. The van der Waals surface area contributed by atoms with E-state index >= 15 is 0 Å². The predicted octanol–water partition coefficient (Wildman–Crippen LogP) is 1.17. The Bertz CT molecular complexity index is 482. The first kappa shape index (κ1) is 14.5. The van der Waals surface area contributed by atoms with E-state index in [-0.39, 0.29) is 11.8 Å². The molecule has 2 rings (SSSR count). The molecule has 5 nitrogen and oxygen atoms in total. The lowest BCUT2D eigenvalue weighted by Gasteiger charge is -2.26. The van der Waals surface area contributed by atoms with Gasteiger partial charge in [0.05, 0.1) is 6.04 Å². The Morgan fingerprint density at radius 3 is 2.65 bits per heavy atom. The number of hydrogen-bond donors (Lipinski definition) is 2.